The Morgan fingerprint density at radius 2 is 1.81 bits per heavy atom. The summed E-state index contributed by atoms with van der Waals surface area (Å²) >= 11 is 1.70. The largest absolute Gasteiger partial charge is 0.361 e. The summed E-state index contributed by atoms with van der Waals surface area (Å²) in [6, 6.07) is 0.0383. The van der Waals surface area contributed by atoms with Crippen molar-refractivity contribution < 1.29 is 0 Å². The summed E-state index contributed by atoms with van der Waals surface area (Å²) < 4.78 is 0. The highest BCUT2D eigenvalue weighted by molar-refractivity contribution is 7.18. The number of anilines is 1. The second-order valence-corrected chi connectivity index (χ2v) is 6.28. The van der Waals surface area contributed by atoms with Gasteiger partial charge in [-0.3, -0.25) is 9.97 Å². The lowest BCUT2D eigenvalue weighted by Crippen LogP contribution is -2.12. The zero-order valence-electron chi connectivity index (χ0n) is 12.5. The van der Waals surface area contributed by atoms with E-state index < -0.39 is 0 Å². The van der Waals surface area contributed by atoms with Crippen LogP contribution in [0, 0.1) is 20.8 Å². The van der Waals surface area contributed by atoms with Crippen molar-refractivity contribution in [2.24, 2.45) is 0 Å². The molecule has 0 fully saturated rings. The van der Waals surface area contributed by atoms with Gasteiger partial charge in [0.15, 0.2) is 0 Å². The van der Waals surface area contributed by atoms with Gasteiger partial charge in [0.05, 0.1) is 22.8 Å². The summed E-state index contributed by atoms with van der Waals surface area (Å²) in [5.41, 5.74) is 3.11. The Balaban J connectivity index is 2.00. The van der Waals surface area contributed by atoms with Gasteiger partial charge in [-0.2, -0.15) is 0 Å². The van der Waals surface area contributed by atoms with Gasteiger partial charge >= 0.3 is 0 Å². The summed E-state index contributed by atoms with van der Waals surface area (Å²) in [6.07, 6.45) is 5.03. The third kappa shape index (κ3) is 2.47. The van der Waals surface area contributed by atoms with Crippen molar-refractivity contribution in [3.8, 4) is 0 Å². The second-order valence-electron chi connectivity index (χ2n) is 5.08. The van der Waals surface area contributed by atoms with E-state index in [9.17, 15) is 0 Å². The molecule has 3 heterocycles. The van der Waals surface area contributed by atoms with Gasteiger partial charge in [-0.15, -0.1) is 11.3 Å². The van der Waals surface area contributed by atoms with Crippen molar-refractivity contribution in [2.75, 3.05) is 5.32 Å². The summed E-state index contributed by atoms with van der Waals surface area (Å²) in [5.74, 6) is 0.861. The lowest BCUT2D eigenvalue weighted by Gasteiger charge is -2.16. The fourth-order valence-electron chi connectivity index (χ4n) is 2.41. The van der Waals surface area contributed by atoms with Crippen LogP contribution in [0.2, 0.25) is 0 Å². The van der Waals surface area contributed by atoms with Gasteiger partial charge < -0.3 is 5.32 Å². The van der Waals surface area contributed by atoms with Gasteiger partial charge in [-0.25, -0.2) is 9.97 Å². The predicted molar refractivity (Wildman–Crippen MR) is 85.7 cm³/mol. The molecule has 0 saturated heterocycles. The number of rotatable bonds is 3. The molecular formula is C15H17N5S. The first kappa shape index (κ1) is 13.9. The summed E-state index contributed by atoms with van der Waals surface area (Å²) in [5, 5.41) is 4.55. The van der Waals surface area contributed by atoms with E-state index in [-0.39, 0.29) is 6.04 Å². The van der Waals surface area contributed by atoms with Crippen LogP contribution >= 0.6 is 11.3 Å². The van der Waals surface area contributed by atoms with Crippen LogP contribution in [0.4, 0.5) is 5.82 Å². The van der Waals surface area contributed by atoms with Crippen molar-refractivity contribution in [3.63, 3.8) is 0 Å². The van der Waals surface area contributed by atoms with Gasteiger partial charge in [-0.1, -0.05) is 0 Å². The number of hydrogen-bond acceptors (Lipinski definition) is 6. The Labute approximate surface area is 127 Å². The Bertz CT molecular complexity index is 796. The number of hydrogen-bond donors (Lipinski definition) is 1. The smallest absolute Gasteiger partial charge is 0.138 e. The number of nitrogens with one attached hydrogen (secondary N) is 1. The topological polar surface area (TPSA) is 63.6 Å². The van der Waals surface area contributed by atoms with Crippen LogP contribution in [0.1, 0.15) is 34.8 Å². The van der Waals surface area contributed by atoms with Crippen LogP contribution in [-0.2, 0) is 0 Å². The molecule has 1 N–H and O–H groups in total. The van der Waals surface area contributed by atoms with Gasteiger partial charge in [0.25, 0.3) is 0 Å². The SMILES string of the molecule is Cc1nccnc1C(C)Nc1ncnc2sc(C)c(C)c12. The maximum Gasteiger partial charge on any atom is 0.138 e. The molecule has 0 radical (unpaired) electrons. The molecule has 3 aromatic heterocycles. The minimum atomic E-state index is 0.0383. The second kappa shape index (κ2) is 5.37. The fraction of sp³-hybridized carbons (Fsp3) is 0.333. The molecule has 0 aliphatic heterocycles. The number of nitrogens with zero attached hydrogens (tertiary/aromatic N) is 4. The van der Waals surface area contributed by atoms with Crippen molar-refractivity contribution in [1.29, 1.82) is 0 Å². The summed E-state index contributed by atoms with van der Waals surface area (Å²) in [6.45, 7) is 8.26. The van der Waals surface area contributed by atoms with Gasteiger partial charge in [0.2, 0.25) is 0 Å². The standard InChI is InChI=1S/C15H17N5S/c1-8-11(4)21-15-12(8)14(18-7-19-15)20-10(3)13-9(2)16-5-6-17-13/h5-7,10H,1-4H3,(H,18,19,20). The van der Waals surface area contributed by atoms with E-state index in [2.05, 4.69) is 46.0 Å². The highest BCUT2D eigenvalue weighted by Crippen LogP contribution is 2.33. The van der Waals surface area contributed by atoms with Crippen molar-refractivity contribution in [1.82, 2.24) is 19.9 Å². The highest BCUT2D eigenvalue weighted by atomic mass is 32.1. The first-order valence-electron chi connectivity index (χ1n) is 6.82. The van der Waals surface area contributed by atoms with E-state index in [1.807, 2.05) is 6.92 Å². The Hall–Kier alpha value is -2.08. The quantitative estimate of drug-likeness (QED) is 0.801. The average Bonchev–Trinajstić information content (AvgIpc) is 2.75. The van der Waals surface area contributed by atoms with E-state index in [1.54, 1.807) is 30.1 Å². The van der Waals surface area contributed by atoms with Crippen LogP contribution in [0.3, 0.4) is 0 Å². The number of fused-ring (bicyclic) bond motifs is 1. The molecule has 1 atom stereocenters. The van der Waals surface area contributed by atoms with Crippen LogP contribution in [-0.4, -0.2) is 19.9 Å². The minimum absolute atomic E-state index is 0.0383. The molecule has 5 nitrogen and oxygen atoms in total. The molecule has 0 saturated carbocycles. The number of aryl methyl sites for hydroxylation is 3. The Kier molecular flexibility index (Phi) is 3.55. The maximum absolute atomic E-state index is 4.42. The van der Waals surface area contributed by atoms with Crippen molar-refractivity contribution in [3.05, 3.63) is 40.5 Å². The van der Waals surface area contributed by atoms with E-state index in [0.29, 0.717) is 0 Å². The molecule has 108 valence electrons. The van der Waals surface area contributed by atoms with Gasteiger partial charge in [-0.05, 0) is 33.3 Å². The first-order valence-corrected chi connectivity index (χ1v) is 7.64. The third-order valence-electron chi connectivity index (χ3n) is 3.65. The van der Waals surface area contributed by atoms with E-state index in [1.165, 1.54) is 10.4 Å². The lowest BCUT2D eigenvalue weighted by atomic mass is 10.1. The van der Waals surface area contributed by atoms with Gasteiger partial charge in [0.1, 0.15) is 17.0 Å². The minimum Gasteiger partial charge on any atom is -0.361 e. The van der Waals surface area contributed by atoms with Crippen LogP contribution in [0.15, 0.2) is 18.7 Å². The number of aromatic nitrogens is 4. The van der Waals surface area contributed by atoms with Crippen molar-refractivity contribution in [2.45, 2.75) is 33.7 Å². The molecule has 0 aromatic carbocycles. The molecule has 0 amide bonds. The summed E-state index contributed by atoms with van der Waals surface area (Å²) in [7, 11) is 0. The highest BCUT2D eigenvalue weighted by Gasteiger charge is 2.16. The zero-order chi connectivity index (χ0) is 15.0. The Morgan fingerprint density at radius 3 is 2.57 bits per heavy atom. The molecule has 0 bridgehead atoms. The molecule has 1 unspecified atom stereocenters. The molecule has 0 spiro atoms. The predicted octanol–water partition coefficient (Wildman–Crippen LogP) is 3.58. The molecular weight excluding hydrogens is 282 g/mol. The molecule has 0 aliphatic rings. The molecule has 3 rings (SSSR count). The summed E-state index contributed by atoms with van der Waals surface area (Å²) in [4.78, 5) is 19.8. The molecule has 0 aliphatic carbocycles. The fourth-order valence-corrected chi connectivity index (χ4v) is 3.41. The monoisotopic (exact) mass is 299 g/mol. The van der Waals surface area contributed by atoms with E-state index in [0.717, 1.165) is 27.4 Å². The zero-order valence-corrected chi connectivity index (χ0v) is 13.3. The molecule has 3 aromatic rings. The van der Waals surface area contributed by atoms with E-state index >= 15 is 0 Å². The lowest BCUT2D eigenvalue weighted by molar-refractivity contribution is 0.805. The van der Waals surface area contributed by atoms with Crippen LogP contribution in [0.25, 0.3) is 10.2 Å². The molecule has 6 heteroatoms. The molecule has 21 heavy (non-hydrogen) atoms. The Morgan fingerprint density at radius 1 is 1.05 bits per heavy atom. The van der Waals surface area contributed by atoms with Crippen LogP contribution in [0.5, 0.6) is 0 Å². The van der Waals surface area contributed by atoms with Crippen molar-refractivity contribution >= 4 is 27.4 Å². The average molecular weight is 299 g/mol. The van der Waals surface area contributed by atoms with Gasteiger partial charge in [0, 0.05) is 17.3 Å². The third-order valence-corrected chi connectivity index (χ3v) is 4.76. The van der Waals surface area contributed by atoms with E-state index in [4.69, 9.17) is 0 Å². The number of thiophene rings is 1. The first-order chi connectivity index (χ1) is 10.1. The van der Waals surface area contributed by atoms with Crippen LogP contribution < -0.4 is 5.32 Å². The maximum atomic E-state index is 4.42. The normalized spacial score (nSPS) is 12.6.